The predicted molar refractivity (Wildman–Crippen MR) is 125 cm³/mol. The molecule has 0 bridgehead atoms. The Bertz CT molecular complexity index is 1430. The quantitative estimate of drug-likeness (QED) is 0.276. The van der Waals surface area contributed by atoms with Gasteiger partial charge in [0.05, 0.1) is 36.1 Å². The number of hydrogen-bond donors (Lipinski definition) is 1. The van der Waals surface area contributed by atoms with E-state index < -0.39 is 23.4 Å². The highest BCUT2D eigenvalue weighted by Crippen LogP contribution is 2.37. The molecule has 10 heteroatoms. The minimum atomic E-state index is -4.45. The number of aromatic nitrogens is 2. The molecule has 1 aromatic heterocycles. The average Bonchev–Trinajstić information content (AvgIpc) is 3.24. The second-order valence-corrected chi connectivity index (χ2v) is 8.86. The molecule has 2 heterocycles. The first kappa shape index (κ1) is 23.2. The lowest BCUT2D eigenvalue weighted by Gasteiger charge is -2.21. The Balaban J connectivity index is 1.31. The molecule has 0 amide bonds. The minimum absolute atomic E-state index is 0.00481. The summed E-state index contributed by atoms with van der Waals surface area (Å²) in [5.74, 6) is -1.70. The zero-order valence-electron chi connectivity index (χ0n) is 17.9. The summed E-state index contributed by atoms with van der Waals surface area (Å²) >= 11 is 2.96. The maximum atomic E-state index is 14.1. The first-order valence-electron chi connectivity index (χ1n) is 10.5. The number of fused-ring (bicyclic) bond motifs is 1. The van der Waals surface area contributed by atoms with Crippen LogP contribution in [0.5, 0.6) is 0 Å². The SMILES string of the molecule is Fc1cccc(-c2nc3c([nH]2)CN(Cc2ccc(-c4ccc(Br)c(C(F)(F)F)c4)cc2)N=C3)c1F. The van der Waals surface area contributed by atoms with Crippen LogP contribution in [0.1, 0.15) is 22.5 Å². The molecule has 0 unspecified atom stereocenters. The summed E-state index contributed by atoms with van der Waals surface area (Å²) in [5.41, 5.74) is 2.59. The largest absolute Gasteiger partial charge is 0.417 e. The molecule has 0 aliphatic carbocycles. The van der Waals surface area contributed by atoms with Gasteiger partial charge in [0, 0.05) is 4.47 Å². The minimum Gasteiger partial charge on any atom is -0.340 e. The van der Waals surface area contributed by atoms with E-state index in [2.05, 4.69) is 31.0 Å². The molecule has 5 rings (SSSR count). The maximum Gasteiger partial charge on any atom is 0.417 e. The van der Waals surface area contributed by atoms with E-state index in [1.54, 1.807) is 29.4 Å². The Labute approximate surface area is 205 Å². The molecule has 1 aliphatic rings. The third-order valence-electron chi connectivity index (χ3n) is 5.63. The number of nitrogens with zero attached hydrogens (tertiary/aromatic N) is 3. The van der Waals surface area contributed by atoms with Gasteiger partial charge in [0.15, 0.2) is 11.6 Å². The second-order valence-electron chi connectivity index (χ2n) is 8.01. The summed E-state index contributed by atoms with van der Waals surface area (Å²) in [6.45, 7) is 0.812. The lowest BCUT2D eigenvalue weighted by atomic mass is 10.0. The number of imidazole rings is 1. The number of hydrazone groups is 1. The highest BCUT2D eigenvalue weighted by molar-refractivity contribution is 9.10. The van der Waals surface area contributed by atoms with Crippen LogP contribution < -0.4 is 0 Å². The molecule has 0 radical (unpaired) electrons. The zero-order chi connectivity index (χ0) is 24.7. The van der Waals surface area contributed by atoms with Crippen LogP contribution in [0.2, 0.25) is 0 Å². The topological polar surface area (TPSA) is 44.3 Å². The van der Waals surface area contributed by atoms with E-state index in [1.807, 2.05) is 12.1 Å². The smallest absolute Gasteiger partial charge is 0.340 e. The van der Waals surface area contributed by atoms with Gasteiger partial charge in [-0.05, 0) is 41.0 Å². The molecule has 3 aromatic carbocycles. The Morgan fingerprint density at radius 2 is 1.71 bits per heavy atom. The van der Waals surface area contributed by atoms with Gasteiger partial charge in [0.1, 0.15) is 11.5 Å². The second kappa shape index (κ2) is 8.92. The van der Waals surface area contributed by atoms with E-state index >= 15 is 0 Å². The summed E-state index contributed by atoms with van der Waals surface area (Å²) in [4.78, 5) is 7.36. The highest BCUT2D eigenvalue weighted by atomic mass is 79.9. The van der Waals surface area contributed by atoms with Crippen molar-refractivity contribution in [3.63, 3.8) is 0 Å². The van der Waals surface area contributed by atoms with Gasteiger partial charge in [-0.15, -0.1) is 0 Å². The van der Waals surface area contributed by atoms with Crippen molar-refractivity contribution >= 4 is 22.1 Å². The van der Waals surface area contributed by atoms with E-state index in [4.69, 9.17) is 0 Å². The standard InChI is InChI=1S/C25H16BrF5N4/c26-19-9-8-16(10-18(19)25(29,30)31)15-6-4-14(5-7-15)12-35-13-22-21(11-32-35)33-24(34-22)17-2-1-3-20(27)23(17)28/h1-11H,12-13H2,(H,33,34). The van der Waals surface area contributed by atoms with Gasteiger partial charge in [-0.3, -0.25) is 5.01 Å². The van der Waals surface area contributed by atoms with Crippen LogP contribution >= 0.6 is 15.9 Å². The number of benzene rings is 3. The molecule has 35 heavy (non-hydrogen) atoms. The number of nitrogens with one attached hydrogen (secondary N) is 1. The van der Waals surface area contributed by atoms with Gasteiger partial charge in [-0.1, -0.05) is 52.3 Å². The molecular formula is C25H16BrF5N4. The van der Waals surface area contributed by atoms with Crippen molar-refractivity contribution in [2.24, 2.45) is 5.10 Å². The van der Waals surface area contributed by atoms with Crippen LogP contribution in [0.4, 0.5) is 22.0 Å². The number of H-pyrrole nitrogens is 1. The average molecular weight is 547 g/mol. The predicted octanol–water partition coefficient (Wildman–Crippen LogP) is 7.15. The van der Waals surface area contributed by atoms with E-state index in [0.717, 1.165) is 17.7 Å². The number of rotatable bonds is 4. The molecule has 0 atom stereocenters. The first-order valence-corrected chi connectivity index (χ1v) is 11.3. The van der Waals surface area contributed by atoms with E-state index in [-0.39, 0.29) is 15.9 Å². The summed E-state index contributed by atoms with van der Waals surface area (Å²) in [6, 6.07) is 15.2. The third-order valence-corrected chi connectivity index (χ3v) is 6.32. The highest BCUT2D eigenvalue weighted by Gasteiger charge is 2.33. The van der Waals surface area contributed by atoms with E-state index in [9.17, 15) is 22.0 Å². The van der Waals surface area contributed by atoms with Crippen LogP contribution in [-0.2, 0) is 19.3 Å². The number of aromatic amines is 1. The molecule has 1 N–H and O–H groups in total. The van der Waals surface area contributed by atoms with Gasteiger partial charge in [0.2, 0.25) is 0 Å². The molecule has 0 saturated heterocycles. The summed E-state index contributed by atoms with van der Waals surface area (Å²) in [6.07, 6.45) is -2.90. The van der Waals surface area contributed by atoms with Crippen molar-refractivity contribution < 1.29 is 22.0 Å². The fourth-order valence-corrected chi connectivity index (χ4v) is 4.33. The maximum absolute atomic E-state index is 14.1. The zero-order valence-corrected chi connectivity index (χ0v) is 19.5. The van der Waals surface area contributed by atoms with Gasteiger partial charge in [0.25, 0.3) is 0 Å². The van der Waals surface area contributed by atoms with Gasteiger partial charge in [-0.25, -0.2) is 13.8 Å². The van der Waals surface area contributed by atoms with Crippen LogP contribution in [-0.4, -0.2) is 21.2 Å². The van der Waals surface area contributed by atoms with Crippen LogP contribution in [0.25, 0.3) is 22.5 Å². The monoisotopic (exact) mass is 546 g/mol. The normalized spacial score (nSPS) is 13.3. The van der Waals surface area contributed by atoms with Gasteiger partial charge < -0.3 is 4.98 Å². The molecule has 4 aromatic rings. The molecule has 0 spiro atoms. The molecule has 0 saturated carbocycles. The van der Waals surface area contributed by atoms with Crippen molar-refractivity contribution in [3.8, 4) is 22.5 Å². The summed E-state index contributed by atoms with van der Waals surface area (Å²) in [5, 5.41) is 6.14. The van der Waals surface area contributed by atoms with Crippen molar-refractivity contribution in [3.05, 3.63) is 99.3 Å². The lowest BCUT2D eigenvalue weighted by Crippen LogP contribution is -2.21. The van der Waals surface area contributed by atoms with Crippen molar-refractivity contribution in [2.75, 3.05) is 0 Å². The Kier molecular flexibility index (Phi) is 5.92. The van der Waals surface area contributed by atoms with Crippen molar-refractivity contribution in [2.45, 2.75) is 19.3 Å². The first-order chi connectivity index (χ1) is 16.7. The fourth-order valence-electron chi connectivity index (χ4n) is 3.86. The molecule has 178 valence electrons. The van der Waals surface area contributed by atoms with Gasteiger partial charge >= 0.3 is 6.18 Å². The summed E-state index contributed by atoms with van der Waals surface area (Å²) < 4.78 is 67.4. The molecule has 1 aliphatic heterocycles. The van der Waals surface area contributed by atoms with Crippen molar-refractivity contribution in [1.29, 1.82) is 0 Å². The van der Waals surface area contributed by atoms with Crippen LogP contribution in [0, 0.1) is 11.6 Å². The molecule has 0 fully saturated rings. The number of alkyl halides is 3. The Hall–Kier alpha value is -3.53. The fraction of sp³-hybridized carbons (Fsp3) is 0.120. The Morgan fingerprint density at radius 1 is 0.971 bits per heavy atom. The number of halogens is 6. The van der Waals surface area contributed by atoms with E-state index in [0.29, 0.717) is 35.6 Å². The summed E-state index contributed by atoms with van der Waals surface area (Å²) in [7, 11) is 0. The molecular weight excluding hydrogens is 531 g/mol. The number of hydrogen-bond acceptors (Lipinski definition) is 3. The third kappa shape index (κ3) is 4.70. The van der Waals surface area contributed by atoms with Gasteiger partial charge in [-0.2, -0.15) is 18.3 Å². The Morgan fingerprint density at radius 3 is 2.46 bits per heavy atom. The molecule has 4 nitrogen and oxygen atoms in total. The van der Waals surface area contributed by atoms with Crippen molar-refractivity contribution in [1.82, 2.24) is 15.0 Å². The van der Waals surface area contributed by atoms with E-state index in [1.165, 1.54) is 18.2 Å². The lowest BCUT2D eigenvalue weighted by molar-refractivity contribution is -0.138. The van der Waals surface area contributed by atoms with Crippen LogP contribution in [0.3, 0.4) is 0 Å². The van der Waals surface area contributed by atoms with Crippen LogP contribution in [0.15, 0.2) is 70.2 Å².